The van der Waals surface area contributed by atoms with E-state index in [0.717, 1.165) is 0 Å². The molecule has 2 aromatic rings. The van der Waals surface area contributed by atoms with Gasteiger partial charge in [0.25, 0.3) is 0 Å². The van der Waals surface area contributed by atoms with Crippen LogP contribution in [0.3, 0.4) is 0 Å². The van der Waals surface area contributed by atoms with Crippen LogP contribution in [0, 0.1) is 5.82 Å². The van der Waals surface area contributed by atoms with Gasteiger partial charge in [0, 0.05) is 0 Å². The predicted molar refractivity (Wildman–Crippen MR) is 41.5 cm³/mol. The minimum Gasteiger partial charge on any atom is -0.254 e. The maximum atomic E-state index is 13.1. The van der Waals surface area contributed by atoms with Gasteiger partial charge in [-0.1, -0.05) is 5.21 Å². The second kappa shape index (κ2) is 2.27. The summed E-state index contributed by atoms with van der Waals surface area (Å²) in [6.07, 6.45) is 0. The highest BCUT2D eigenvalue weighted by Gasteiger charge is 2.06. The van der Waals surface area contributed by atoms with E-state index < -0.39 is 0 Å². The summed E-state index contributed by atoms with van der Waals surface area (Å²) in [4.78, 5) is 0. The molecule has 0 spiro atoms. The highest BCUT2D eigenvalue weighted by Crippen LogP contribution is 2.20. The van der Waals surface area contributed by atoms with E-state index in [9.17, 15) is 4.39 Å². The minimum absolute atomic E-state index is 0.333. The molecule has 0 aliphatic rings. The summed E-state index contributed by atoms with van der Waals surface area (Å²) in [5.74, 6) is -0.354. The van der Waals surface area contributed by atoms with Crippen molar-refractivity contribution in [3.05, 3.63) is 22.4 Å². The first-order valence-corrected chi connectivity index (χ1v) is 3.73. The molecule has 1 aromatic carbocycles. The molecule has 0 fully saturated rings. The summed E-state index contributed by atoms with van der Waals surface area (Å²) < 4.78 is 13.5. The maximum absolute atomic E-state index is 13.1. The van der Waals surface area contributed by atoms with E-state index in [1.54, 1.807) is 12.1 Å². The highest BCUT2D eigenvalue weighted by atomic mass is 79.9. The number of nitrogens with one attached hydrogen (secondary N) is 1. The average Bonchev–Trinajstić information content (AvgIpc) is 2.45. The van der Waals surface area contributed by atoms with Gasteiger partial charge in [-0.05, 0) is 28.1 Å². The standard InChI is InChI=1S/C6H3BrFN3/c7-3-1-2-4-6(5(3)8)10-11-9-4/h1-2H,(H,9,10,11). The molecule has 0 aliphatic carbocycles. The number of hydrogen-bond donors (Lipinski definition) is 1. The first-order chi connectivity index (χ1) is 5.29. The zero-order valence-corrected chi connectivity index (χ0v) is 6.89. The lowest BCUT2D eigenvalue weighted by Crippen LogP contribution is -1.79. The van der Waals surface area contributed by atoms with Crippen LogP contribution in [0.5, 0.6) is 0 Å². The van der Waals surface area contributed by atoms with Crippen molar-refractivity contribution in [2.24, 2.45) is 0 Å². The van der Waals surface area contributed by atoms with Crippen LogP contribution in [0.15, 0.2) is 16.6 Å². The zero-order chi connectivity index (χ0) is 7.84. The van der Waals surface area contributed by atoms with E-state index in [0.29, 0.717) is 15.5 Å². The number of fused-ring (bicyclic) bond motifs is 1. The van der Waals surface area contributed by atoms with Gasteiger partial charge < -0.3 is 0 Å². The fraction of sp³-hybridized carbons (Fsp3) is 0. The Bertz CT molecular complexity index is 398. The third kappa shape index (κ3) is 0.920. The number of halogens is 2. The summed E-state index contributed by atoms with van der Waals surface area (Å²) >= 11 is 3.05. The Hall–Kier alpha value is -0.970. The molecule has 1 aromatic heterocycles. The van der Waals surface area contributed by atoms with E-state index in [4.69, 9.17) is 0 Å². The Morgan fingerprint density at radius 3 is 3.09 bits per heavy atom. The van der Waals surface area contributed by atoms with Gasteiger partial charge in [0.1, 0.15) is 11.0 Å². The molecular formula is C6H3BrFN3. The Labute approximate surface area is 69.7 Å². The third-order valence-corrected chi connectivity index (χ3v) is 2.00. The molecule has 3 nitrogen and oxygen atoms in total. The van der Waals surface area contributed by atoms with Gasteiger partial charge in [-0.15, -0.1) is 5.10 Å². The third-order valence-electron chi connectivity index (χ3n) is 1.39. The smallest absolute Gasteiger partial charge is 0.164 e. The van der Waals surface area contributed by atoms with Crippen molar-refractivity contribution in [3.8, 4) is 0 Å². The van der Waals surface area contributed by atoms with Gasteiger partial charge in [0.05, 0.1) is 4.47 Å². The lowest BCUT2D eigenvalue weighted by Gasteiger charge is -1.91. The van der Waals surface area contributed by atoms with Crippen molar-refractivity contribution < 1.29 is 4.39 Å². The Morgan fingerprint density at radius 1 is 1.45 bits per heavy atom. The van der Waals surface area contributed by atoms with E-state index in [1.165, 1.54) is 0 Å². The van der Waals surface area contributed by atoms with E-state index >= 15 is 0 Å². The number of hydrogen-bond acceptors (Lipinski definition) is 2. The molecule has 0 saturated carbocycles. The largest absolute Gasteiger partial charge is 0.254 e. The van der Waals surface area contributed by atoms with E-state index in [1.807, 2.05) is 0 Å². The molecular weight excluding hydrogens is 213 g/mol. The van der Waals surface area contributed by atoms with Gasteiger partial charge in [0.2, 0.25) is 0 Å². The molecule has 0 unspecified atom stereocenters. The van der Waals surface area contributed by atoms with Crippen molar-refractivity contribution in [2.45, 2.75) is 0 Å². The number of benzene rings is 1. The molecule has 1 N–H and O–H groups in total. The summed E-state index contributed by atoms with van der Waals surface area (Å²) in [6.45, 7) is 0. The molecule has 11 heavy (non-hydrogen) atoms. The van der Waals surface area contributed by atoms with Gasteiger partial charge in [-0.2, -0.15) is 0 Å². The normalized spacial score (nSPS) is 10.7. The maximum Gasteiger partial charge on any atom is 0.164 e. The number of H-pyrrole nitrogens is 1. The van der Waals surface area contributed by atoms with Crippen LogP contribution in [-0.4, -0.2) is 15.4 Å². The van der Waals surface area contributed by atoms with Crippen LogP contribution >= 0.6 is 15.9 Å². The van der Waals surface area contributed by atoms with Crippen LogP contribution in [0.1, 0.15) is 0 Å². The van der Waals surface area contributed by atoms with Crippen LogP contribution < -0.4 is 0 Å². The second-order valence-electron chi connectivity index (χ2n) is 2.07. The molecule has 0 amide bonds. The molecule has 2 rings (SSSR count). The molecule has 0 bridgehead atoms. The lowest BCUT2D eigenvalue weighted by molar-refractivity contribution is 0.629. The fourth-order valence-electron chi connectivity index (χ4n) is 0.859. The fourth-order valence-corrected chi connectivity index (χ4v) is 1.19. The van der Waals surface area contributed by atoms with Gasteiger partial charge >= 0.3 is 0 Å². The topological polar surface area (TPSA) is 41.6 Å². The number of nitrogens with zero attached hydrogens (tertiary/aromatic N) is 2. The Morgan fingerprint density at radius 2 is 2.27 bits per heavy atom. The Balaban J connectivity index is 2.93. The van der Waals surface area contributed by atoms with Gasteiger partial charge in [-0.25, -0.2) is 4.39 Å². The van der Waals surface area contributed by atoms with Crippen molar-refractivity contribution in [1.29, 1.82) is 0 Å². The second-order valence-corrected chi connectivity index (χ2v) is 2.92. The van der Waals surface area contributed by atoms with Crippen LogP contribution in [-0.2, 0) is 0 Å². The van der Waals surface area contributed by atoms with Crippen molar-refractivity contribution in [3.63, 3.8) is 0 Å². The summed E-state index contributed by atoms with van der Waals surface area (Å²) in [5, 5.41) is 9.58. The zero-order valence-electron chi connectivity index (χ0n) is 5.31. The molecule has 56 valence electrons. The number of aromatic amines is 1. The predicted octanol–water partition coefficient (Wildman–Crippen LogP) is 1.86. The molecule has 1 heterocycles. The van der Waals surface area contributed by atoms with Crippen molar-refractivity contribution in [2.75, 3.05) is 0 Å². The van der Waals surface area contributed by atoms with Crippen LogP contribution in [0.2, 0.25) is 0 Å². The molecule has 0 radical (unpaired) electrons. The number of aromatic nitrogens is 3. The number of rotatable bonds is 0. The summed E-state index contributed by atoms with van der Waals surface area (Å²) in [6, 6.07) is 3.28. The van der Waals surface area contributed by atoms with Crippen molar-refractivity contribution in [1.82, 2.24) is 15.4 Å². The van der Waals surface area contributed by atoms with Gasteiger partial charge in [0.15, 0.2) is 5.82 Å². The van der Waals surface area contributed by atoms with Crippen LogP contribution in [0.4, 0.5) is 4.39 Å². The first kappa shape index (κ1) is 6.72. The van der Waals surface area contributed by atoms with Gasteiger partial charge in [-0.3, -0.25) is 5.10 Å². The quantitative estimate of drug-likeness (QED) is 0.730. The summed E-state index contributed by atoms with van der Waals surface area (Å²) in [7, 11) is 0. The Kier molecular flexibility index (Phi) is 1.38. The lowest BCUT2D eigenvalue weighted by atomic mass is 10.3. The molecule has 5 heteroatoms. The minimum atomic E-state index is -0.354. The highest BCUT2D eigenvalue weighted by molar-refractivity contribution is 9.10. The van der Waals surface area contributed by atoms with Crippen LogP contribution in [0.25, 0.3) is 11.0 Å². The average molecular weight is 216 g/mol. The molecule has 0 atom stereocenters. The molecule has 0 saturated heterocycles. The van der Waals surface area contributed by atoms with Crippen molar-refractivity contribution >= 4 is 27.0 Å². The monoisotopic (exact) mass is 215 g/mol. The first-order valence-electron chi connectivity index (χ1n) is 2.94. The SMILES string of the molecule is Fc1c(Br)ccc2nn[nH]c12. The van der Waals surface area contributed by atoms with E-state index in [-0.39, 0.29) is 5.82 Å². The molecule has 0 aliphatic heterocycles. The van der Waals surface area contributed by atoms with E-state index in [2.05, 4.69) is 31.3 Å². The summed E-state index contributed by atoms with van der Waals surface area (Å²) in [5.41, 5.74) is 0.866.